The second-order valence-electron chi connectivity index (χ2n) is 7.62. The minimum absolute atomic E-state index is 0.566. The van der Waals surface area contributed by atoms with Gasteiger partial charge in [0.25, 0.3) is 0 Å². The van der Waals surface area contributed by atoms with Crippen LogP contribution in [0, 0.1) is 0 Å². The topological polar surface area (TPSA) is 62.4 Å². The van der Waals surface area contributed by atoms with E-state index in [1.807, 2.05) is 41.4 Å². The van der Waals surface area contributed by atoms with Crippen molar-refractivity contribution in [1.82, 2.24) is 5.32 Å². The van der Waals surface area contributed by atoms with E-state index in [-0.39, 0.29) is 0 Å². The van der Waals surface area contributed by atoms with Crippen LogP contribution >= 0.6 is 23.1 Å². The molecule has 0 bridgehead atoms. The lowest BCUT2D eigenvalue weighted by atomic mass is 10.1. The fourth-order valence-electron chi connectivity index (χ4n) is 3.62. The second-order valence-corrected chi connectivity index (χ2v) is 9.65. The van der Waals surface area contributed by atoms with Crippen molar-refractivity contribution in [3.8, 4) is 0 Å². The third-order valence-corrected chi connectivity index (χ3v) is 7.34. The van der Waals surface area contributed by atoms with Gasteiger partial charge in [-0.25, -0.2) is 4.99 Å². The highest BCUT2D eigenvalue weighted by molar-refractivity contribution is 7.99. The minimum Gasteiger partial charge on any atom is -0.383 e. The molecular weight excluding hydrogens is 432 g/mol. The van der Waals surface area contributed by atoms with Crippen LogP contribution in [-0.2, 0) is 13.0 Å². The summed E-state index contributed by atoms with van der Waals surface area (Å²) in [5.74, 6) is 0.566. The Bertz CT molecular complexity index is 1230. The quantitative estimate of drug-likeness (QED) is 0.152. The number of amidine groups is 1. The van der Waals surface area contributed by atoms with Crippen LogP contribution in [0.2, 0.25) is 0 Å². The van der Waals surface area contributed by atoms with Crippen molar-refractivity contribution in [2.45, 2.75) is 22.8 Å². The van der Waals surface area contributed by atoms with Crippen LogP contribution in [0.1, 0.15) is 16.0 Å². The maximum atomic E-state index is 6.07. The Morgan fingerprint density at radius 2 is 1.69 bits per heavy atom. The predicted molar refractivity (Wildman–Crippen MR) is 137 cm³/mol. The molecule has 1 aliphatic rings. The molecule has 1 aliphatic heterocycles. The van der Waals surface area contributed by atoms with E-state index in [0.717, 1.165) is 30.1 Å². The molecule has 2 heterocycles. The Morgan fingerprint density at radius 3 is 2.53 bits per heavy atom. The number of rotatable bonds is 7. The number of aliphatic imine (C=N–C) groups is 1. The lowest BCUT2D eigenvalue weighted by Gasteiger charge is -2.21. The highest BCUT2D eigenvalue weighted by Crippen LogP contribution is 2.44. The molecule has 0 unspecified atom stereocenters. The van der Waals surface area contributed by atoms with E-state index in [1.54, 1.807) is 11.3 Å². The number of hydrogen-bond acceptors (Lipinski definition) is 5. The van der Waals surface area contributed by atoms with Gasteiger partial charge in [0.2, 0.25) is 0 Å². The van der Waals surface area contributed by atoms with Crippen molar-refractivity contribution in [3.05, 3.63) is 100 Å². The van der Waals surface area contributed by atoms with E-state index in [1.165, 1.54) is 32.3 Å². The monoisotopic (exact) mass is 456 g/mol. The molecule has 4 N–H and O–H groups in total. The van der Waals surface area contributed by atoms with Crippen LogP contribution in [-0.4, -0.2) is 12.4 Å². The summed E-state index contributed by atoms with van der Waals surface area (Å²) >= 11 is 3.42. The van der Waals surface area contributed by atoms with Crippen LogP contribution in [0.15, 0.2) is 99.0 Å². The fraction of sp³-hybridized carbons (Fsp3) is 0.115. The molecule has 0 amide bonds. The molecule has 0 aliphatic carbocycles. The average molecular weight is 457 g/mol. The molecule has 160 valence electrons. The molecule has 4 nitrogen and oxygen atoms in total. The lowest BCUT2D eigenvalue weighted by molar-refractivity contribution is 0.687. The number of para-hydroxylation sites is 1. The summed E-state index contributed by atoms with van der Waals surface area (Å²) in [5.41, 5.74) is 11.9. The summed E-state index contributed by atoms with van der Waals surface area (Å²) in [6, 6.07) is 27.4. The van der Waals surface area contributed by atoms with Crippen molar-refractivity contribution in [1.29, 1.82) is 0 Å². The minimum atomic E-state index is 0.566. The number of benzene rings is 3. The first-order valence-electron chi connectivity index (χ1n) is 10.6. The zero-order chi connectivity index (χ0) is 21.8. The van der Waals surface area contributed by atoms with Gasteiger partial charge in [-0.2, -0.15) is 0 Å². The molecule has 1 aromatic heterocycles. The summed E-state index contributed by atoms with van der Waals surface area (Å²) in [7, 11) is 0. The van der Waals surface area contributed by atoms with E-state index in [4.69, 9.17) is 5.73 Å². The van der Waals surface area contributed by atoms with Gasteiger partial charge in [-0.3, -0.25) is 0 Å². The first-order valence-corrected chi connectivity index (χ1v) is 12.3. The summed E-state index contributed by atoms with van der Waals surface area (Å²) in [6.07, 6.45) is 0.969. The molecule has 4 aromatic rings. The first-order chi connectivity index (χ1) is 15.7. The van der Waals surface area contributed by atoms with Crippen molar-refractivity contribution in [2.24, 2.45) is 10.7 Å². The fourth-order valence-corrected chi connectivity index (χ4v) is 5.21. The molecule has 32 heavy (non-hydrogen) atoms. The lowest BCUT2D eigenvalue weighted by Crippen LogP contribution is -2.16. The number of nitrogens with one attached hydrogen (secondary N) is 2. The van der Waals surface area contributed by atoms with Crippen molar-refractivity contribution in [3.63, 3.8) is 0 Å². The van der Waals surface area contributed by atoms with E-state index in [0.29, 0.717) is 5.84 Å². The van der Waals surface area contributed by atoms with E-state index in [9.17, 15) is 0 Å². The van der Waals surface area contributed by atoms with Crippen LogP contribution in [0.5, 0.6) is 0 Å². The Morgan fingerprint density at radius 1 is 0.875 bits per heavy atom. The highest BCUT2D eigenvalue weighted by atomic mass is 32.2. The van der Waals surface area contributed by atoms with Gasteiger partial charge >= 0.3 is 0 Å². The average Bonchev–Trinajstić information content (AvgIpc) is 3.37. The number of thiophene rings is 1. The van der Waals surface area contributed by atoms with Crippen molar-refractivity contribution < 1.29 is 0 Å². The normalized spacial score (nSPS) is 12.7. The van der Waals surface area contributed by atoms with Gasteiger partial charge in [0.1, 0.15) is 5.84 Å². The second kappa shape index (κ2) is 9.61. The standard InChI is InChI=1S/C26H24N4S2/c27-26(25-6-3-15-31-25)29-20-10-7-18(8-11-20)13-14-28-17-19-9-12-24-22(16-19)30-21-4-1-2-5-23(21)32-24/h1-12,15-16,28,30H,13-14,17H2,(H2,27,29). The molecule has 0 spiro atoms. The van der Waals surface area contributed by atoms with E-state index in [2.05, 4.69) is 70.2 Å². The van der Waals surface area contributed by atoms with Gasteiger partial charge in [-0.1, -0.05) is 48.2 Å². The summed E-state index contributed by atoms with van der Waals surface area (Å²) < 4.78 is 0. The molecule has 0 atom stereocenters. The Kier molecular flexibility index (Phi) is 6.25. The van der Waals surface area contributed by atoms with Crippen LogP contribution in [0.3, 0.4) is 0 Å². The zero-order valence-electron chi connectivity index (χ0n) is 17.5. The van der Waals surface area contributed by atoms with Crippen molar-refractivity contribution in [2.75, 3.05) is 11.9 Å². The molecule has 0 saturated carbocycles. The maximum Gasteiger partial charge on any atom is 0.141 e. The van der Waals surface area contributed by atoms with Crippen LogP contribution < -0.4 is 16.4 Å². The van der Waals surface area contributed by atoms with Gasteiger partial charge < -0.3 is 16.4 Å². The number of fused-ring (bicyclic) bond motifs is 2. The summed E-state index contributed by atoms with van der Waals surface area (Å²) in [4.78, 5) is 8.06. The highest BCUT2D eigenvalue weighted by Gasteiger charge is 2.15. The van der Waals surface area contributed by atoms with Gasteiger partial charge in [-0.05, 0) is 71.9 Å². The Balaban J connectivity index is 1.12. The SMILES string of the molecule is NC(=Nc1ccc(CCNCc2ccc3c(c2)Nc2ccccc2S3)cc1)c1cccs1. The number of nitrogens with two attached hydrogens (primary N) is 1. The molecule has 5 rings (SSSR count). The number of hydrogen-bond donors (Lipinski definition) is 3. The summed E-state index contributed by atoms with van der Waals surface area (Å²) in [5, 5.41) is 9.12. The van der Waals surface area contributed by atoms with E-state index < -0.39 is 0 Å². The number of anilines is 2. The predicted octanol–water partition coefficient (Wildman–Crippen LogP) is 6.33. The van der Waals surface area contributed by atoms with Gasteiger partial charge in [0.05, 0.1) is 21.9 Å². The van der Waals surface area contributed by atoms with E-state index >= 15 is 0 Å². The molecule has 0 radical (unpaired) electrons. The number of nitrogens with zero attached hydrogens (tertiary/aromatic N) is 1. The first kappa shape index (κ1) is 20.8. The smallest absolute Gasteiger partial charge is 0.141 e. The zero-order valence-corrected chi connectivity index (χ0v) is 19.2. The third-order valence-electron chi connectivity index (χ3n) is 5.30. The Labute approximate surface area is 196 Å². The maximum absolute atomic E-state index is 6.07. The van der Waals surface area contributed by atoms with Crippen molar-refractivity contribution >= 4 is 46.0 Å². The molecule has 0 saturated heterocycles. The van der Waals surface area contributed by atoms with Crippen LogP contribution in [0.4, 0.5) is 17.1 Å². The third kappa shape index (κ3) is 4.88. The van der Waals surface area contributed by atoms with Gasteiger partial charge in [0, 0.05) is 16.3 Å². The Hall–Kier alpha value is -3.06. The molecule has 3 aromatic carbocycles. The molecule has 0 fully saturated rings. The van der Waals surface area contributed by atoms with Crippen LogP contribution in [0.25, 0.3) is 0 Å². The summed E-state index contributed by atoms with van der Waals surface area (Å²) in [6.45, 7) is 1.77. The molecule has 6 heteroatoms. The molecular formula is C26H24N4S2. The van der Waals surface area contributed by atoms with Gasteiger partial charge in [-0.15, -0.1) is 11.3 Å². The largest absolute Gasteiger partial charge is 0.383 e. The van der Waals surface area contributed by atoms with Gasteiger partial charge in [0.15, 0.2) is 0 Å².